The lowest BCUT2D eigenvalue weighted by atomic mass is 9.96. The van der Waals surface area contributed by atoms with Gasteiger partial charge in [-0.2, -0.15) is 0 Å². The van der Waals surface area contributed by atoms with Crippen LogP contribution in [0.1, 0.15) is 58.6 Å². The van der Waals surface area contributed by atoms with Crippen molar-refractivity contribution in [3.8, 4) is 0 Å². The Kier molecular flexibility index (Phi) is 5.29. The van der Waals surface area contributed by atoms with Gasteiger partial charge in [-0.3, -0.25) is 9.59 Å². The van der Waals surface area contributed by atoms with Gasteiger partial charge in [-0.05, 0) is 44.1 Å². The maximum Gasteiger partial charge on any atom is 0.276 e. The van der Waals surface area contributed by atoms with Crippen LogP contribution in [0.4, 0.5) is 0 Å². The van der Waals surface area contributed by atoms with Gasteiger partial charge in [0.25, 0.3) is 5.91 Å². The van der Waals surface area contributed by atoms with Gasteiger partial charge in [-0.15, -0.1) is 11.3 Å². The van der Waals surface area contributed by atoms with Gasteiger partial charge in [0.05, 0.1) is 6.42 Å². The zero-order chi connectivity index (χ0) is 18.8. The third-order valence-corrected chi connectivity index (χ3v) is 6.39. The van der Waals surface area contributed by atoms with E-state index in [0.717, 1.165) is 43.6 Å². The molecule has 0 saturated carbocycles. The van der Waals surface area contributed by atoms with Crippen LogP contribution >= 0.6 is 11.3 Å². The molecule has 2 amide bonds. The Hall–Kier alpha value is -2.15. The fourth-order valence-electron chi connectivity index (χ4n) is 3.91. The van der Waals surface area contributed by atoms with Gasteiger partial charge < -0.3 is 14.2 Å². The molecular weight excluding hydrogens is 362 g/mol. The Balaban J connectivity index is 1.36. The highest BCUT2D eigenvalue weighted by molar-refractivity contribution is 7.10. The summed E-state index contributed by atoms with van der Waals surface area (Å²) in [5.41, 5.74) is 0.461. The molecule has 2 aromatic rings. The molecule has 4 heterocycles. The van der Waals surface area contributed by atoms with E-state index in [9.17, 15) is 9.59 Å². The van der Waals surface area contributed by atoms with E-state index in [1.165, 1.54) is 0 Å². The average Bonchev–Trinajstić information content (AvgIpc) is 3.43. The molecule has 0 bridgehead atoms. The van der Waals surface area contributed by atoms with Crippen molar-refractivity contribution in [1.29, 1.82) is 0 Å². The maximum absolute atomic E-state index is 12.6. The number of carbonyl (C=O) groups excluding carboxylic acids is 2. The molecule has 0 radical (unpaired) electrons. The van der Waals surface area contributed by atoms with Crippen LogP contribution in [-0.4, -0.2) is 52.8 Å². The standard InChI is InChI=1S/C20H25N3O3S/c1-14-18(20(25)23-8-2-3-9-23)21-19(26-14)15-6-10-22(11-7-15)17(24)13-16-5-4-12-27-16/h4-5,12,15H,2-3,6-11,13H2,1H3. The van der Waals surface area contributed by atoms with Crippen LogP contribution < -0.4 is 0 Å². The number of aromatic nitrogens is 1. The van der Waals surface area contributed by atoms with E-state index in [4.69, 9.17) is 4.42 Å². The Bertz CT molecular complexity index is 801. The number of thiophene rings is 1. The van der Waals surface area contributed by atoms with E-state index >= 15 is 0 Å². The predicted octanol–water partition coefficient (Wildman–Crippen LogP) is 3.23. The first-order chi connectivity index (χ1) is 13.1. The van der Waals surface area contributed by atoms with Crippen molar-refractivity contribution in [3.63, 3.8) is 0 Å². The summed E-state index contributed by atoms with van der Waals surface area (Å²) in [6.07, 6.45) is 4.26. The summed E-state index contributed by atoms with van der Waals surface area (Å²) in [5, 5.41) is 2.00. The molecule has 0 atom stereocenters. The molecule has 2 aromatic heterocycles. The minimum absolute atomic E-state index is 0.0106. The first-order valence-corrected chi connectivity index (χ1v) is 10.6. The summed E-state index contributed by atoms with van der Waals surface area (Å²) < 4.78 is 5.86. The molecule has 2 aliphatic heterocycles. The summed E-state index contributed by atoms with van der Waals surface area (Å²) in [7, 11) is 0. The van der Waals surface area contributed by atoms with Gasteiger partial charge >= 0.3 is 0 Å². The van der Waals surface area contributed by atoms with E-state index in [2.05, 4.69) is 4.98 Å². The van der Waals surface area contributed by atoms with Crippen molar-refractivity contribution in [2.45, 2.75) is 44.9 Å². The molecular formula is C20H25N3O3S. The van der Waals surface area contributed by atoms with E-state index in [1.807, 2.05) is 34.2 Å². The van der Waals surface area contributed by atoms with Crippen LogP contribution in [0.3, 0.4) is 0 Å². The Morgan fingerprint density at radius 2 is 1.93 bits per heavy atom. The molecule has 7 heteroatoms. The van der Waals surface area contributed by atoms with Gasteiger partial charge in [0.15, 0.2) is 11.6 Å². The van der Waals surface area contributed by atoms with Gasteiger partial charge in [-0.25, -0.2) is 4.98 Å². The van der Waals surface area contributed by atoms with Crippen LogP contribution in [0.2, 0.25) is 0 Å². The lowest BCUT2D eigenvalue weighted by molar-refractivity contribution is -0.131. The second-order valence-corrected chi connectivity index (χ2v) is 8.40. The molecule has 0 aliphatic carbocycles. The van der Waals surface area contributed by atoms with Gasteiger partial charge in [0.2, 0.25) is 5.91 Å². The number of amides is 2. The number of piperidine rings is 1. The largest absolute Gasteiger partial charge is 0.445 e. The monoisotopic (exact) mass is 387 g/mol. The van der Waals surface area contributed by atoms with E-state index in [1.54, 1.807) is 11.3 Å². The predicted molar refractivity (Wildman–Crippen MR) is 103 cm³/mol. The lowest BCUT2D eigenvalue weighted by Gasteiger charge is -2.30. The molecule has 0 aromatic carbocycles. The number of nitrogens with zero attached hydrogens (tertiary/aromatic N) is 3. The van der Waals surface area contributed by atoms with Crippen molar-refractivity contribution < 1.29 is 14.0 Å². The first-order valence-electron chi connectivity index (χ1n) is 9.68. The average molecular weight is 388 g/mol. The fourth-order valence-corrected chi connectivity index (χ4v) is 4.61. The molecule has 2 saturated heterocycles. The van der Waals surface area contributed by atoms with Crippen molar-refractivity contribution in [2.24, 2.45) is 0 Å². The van der Waals surface area contributed by atoms with Gasteiger partial charge in [-0.1, -0.05) is 6.07 Å². The fraction of sp³-hybridized carbons (Fsp3) is 0.550. The lowest BCUT2D eigenvalue weighted by Crippen LogP contribution is -2.38. The van der Waals surface area contributed by atoms with E-state index in [-0.39, 0.29) is 17.7 Å². The van der Waals surface area contributed by atoms with Crippen molar-refractivity contribution in [3.05, 3.63) is 39.7 Å². The zero-order valence-electron chi connectivity index (χ0n) is 15.6. The molecule has 6 nitrogen and oxygen atoms in total. The van der Waals surface area contributed by atoms with Crippen LogP contribution in [0.5, 0.6) is 0 Å². The summed E-state index contributed by atoms with van der Waals surface area (Å²) in [5.74, 6) is 1.61. The quantitative estimate of drug-likeness (QED) is 0.808. The Labute approximate surface area is 163 Å². The second kappa shape index (κ2) is 7.84. The summed E-state index contributed by atoms with van der Waals surface area (Å²) in [6, 6.07) is 3.98. The van der Waals surface area contributed by atoms with Crippen LogP contribution in [0.25, 0.3) is 0 Å². The highest BCUT2D eigenvalue weighted by Crippen LogP contribution is 2.30. The molecule has 0 N–H and O–H groups in total. The van der Waals surface area contributed by atoms with Gasteiger partial charge in [0.1, 0.15) is 5.76 Å². The zero-order valence-corrected chi connectivity index (χ0v) is 16.5. The van der Waals surface area contributed by atoms with E-state index in [0.29, 0.717) is 36.9 Å². The van der Waals surface area contributed by atoms with Crippen molar-refractivity contribution >= 4 is 23.2 Å². The molecule has 0 spiro atoms. The molecule has 2 aliphatic rings. The minimum atomic E-state index is -0.0106. The van der Waals surface area contributed by atoms with Crippen LogP contribution in [0, 0.1) is 6.92 Å². The number of oxazole rings is 1. The normalized spacial score (nSPS) is 18.3. The van der Waals surface area contributed by atoms with E-state index < -0.39 is 0 Å². The van der Waals surface area contributed by atoms with Crippen molar-refractivity contribution in [1.82, 2.24) is 14.8 Å². The topological polar surface area (TPSA) is 66.7 Å². The number of hydrogen-bond donors (Lipinski definition) is 0. The third kappa shape index (κ3) is 3.93. The summed E-state index contributed by atoms with van der Waals surface area (Å²) in [6.45, 7) is 4.87. The highest BCUT2D eigenvalue weighted by atomic mass is 32.1. The highest BCUT2D eigenvalue weighted by Gasteiger charge is 2.30. The number of carbonyl (C=O) groups is 2. The first kappa shape index (κ1) is 18.2. The number of likely N-dealkylation sites (tertiary alicyclic amines) is 2. The Morgan fingerprint density at radius 1 is 1.19 bits per heavy atom. The second-order valence-electron chi connectivity index (χ2n) is 7.37. The molecule has 144 valence electrons. The molecule has 27 heavy (non-hydrogen) atoms. The summed E-state index contributed by atoms with van der Waals surface area (Å²) >= 11 is 1.62. The number of hydrogen-bond acceptors (Lipinski definition) is 5. The number of rotatable bonds is 4. The van der Waals surface area contributed by atoms with Crippen molar-refractivity contribution in [2.75, 3.05) is 26.2 Å². The molecule has 2 fully saturated rings. The summed E-state index contributed by atoms with van der Waals surface area (Å²) in [4.78, 5) is 34.5. The maximum atomic E-state index is 12.6. The number of aryl methyl sites for hydroxylation is 1. The minimum Gasteiger partial charge on any atom is -0.445 e. The molecule has 4 rings (SSSR count). The SMILES string of the molecule is Cc1oc(C2CCN(C(=O)Cc3cccs3)CC2)nc1C(=O)N1CCCC1. The Morgan fingerprint density at radius 3 is 2.59 bits per heavy atom. The van der Waals surface area contributed by atoms with Crippen LogP contribution in [-0.2, 0) is 11.2 Å². The smallest absolute Gasteiger partial charge is 0.276 e. The van der Waals surface area contributed by atoms with Gasteiger partial charge in [0, 0.05) is 37.0 Å². The molecule has 0 unspecified atom stereocenters. The van der Waals surface area contributed by atoms with Crippen LogP contribution in [0.15, 0.2) is 21.9 Å². The third-order valence-electron chi connectivity index (χ3n) is 5.51.